The van der Waals surface area contributed by atoms with Crippen LogP contribution in [-0.4, -0.2) is 57.9 Å². The first kappa shape index (κ1) is 24.4. The first-order valence-electron chi connectivity index (χ1n) is 10.2. The fourth-order valence-electron chi connectivity index (χ4n) is 3.61. The second-order valence-corrected chi connectivity index (χ2v) is 7.20. The Kier molecular flexibility index (Phi) is 10.4. The minimum Gasteiger partial charge on any atom is -0.496 e. The lowest BCUT2D eigenvalue weighted by Gasteiger charge is -2.35. The van der Waals surface area contributed by atoms with Gasteiger partial charge in [-0.1, -0.05) is 42.5 Å². The molecule has 0 spiro atoms. The van der Waals surface area contributed by atoms with Gasteiger partial charge in [0.15, 0.2) is 5.96 Å². The summed E-state index contributed by atoms with van der Waals surface area (Å²) in [6.07, 6.45) is 0. The Morgan fingerprint density at radius 2 is 1.87 bits per heavy atom. The molecule has 1 fully saturated rings. The smallest absolute Gasteiger partial charge is 0.191 e. The van der Waals surface area contributed by atoms with Gasteiger partial charge in [0.25, 0.3) is 0 Å². The van der Waals surface area contributed by atoms with Gasteiger partial charge in [-0.2, -0.15) is 0 Å². The molecule has 1 aliphatic heterocycles. The predicted molar refractivity (Wildman–Crippen MR) is 133 cm³/mol. The fourth-order valence-corrected chi connectivity index (χ4v) is 3.61. The van der Waals surface area contributed by atoms with E-state index in [-0.39, 0.29) is 30.0 Å². The number of morpholine rings is 1. The van der Waals surface area contributed by atoms with Crippen molar-refractivity contribution >= 4 is 29.9 Å². The van der Waals surface area contributed by atoms with E-state index in [9.17, 15) is 0 Å². The molecule has 6 nitrogen and oxygen atoms in total. The van der Waals surface area contributed by atoms with Crippen LogP contribution in [0.4, 0.5) is 0 Å². The maximum absolute atomic E-state index is 5.54. The van der Waals surface area contributed by atoms with Crippen molar-refractivity contribution in [2.45, 2.75) is 19.5 Å². The lowest BCUT2D eigenvalue weighted by atomic mass is 10.0. The van der Waals surface area contributed by atoms with E-state index in [1.807, 2.05) is 0 Å². The highest BCUT2D eigenvalue weighted by atomic mass is 127. The van der Waals surface area contributed by atoms with Gasteiger partial charge in [-0.3, -0.25) is 9.89 Å². The quantitative estimate of drug-likeness (QED) is 0.331. The van der Waals surface area contributed by atoms with Gasteiger partial charge in [-0.15, -0.1) is 24.0 Å². The minimum absolute atomic E-state index is 0. The summed E-state index contributed by atoms with van der Waals surface area (Å²) in [7, 11) is 3.51. The van der Waals surface area contributed by atoms with Crippen LogP contribution < -0.4 is 15.4 Å². The van der Waals surface area contributed by atoms with Gasteiger partial charge in [0.1, 0.15) is 5.75 Å². The lowest BCUT2D eigenvalue weighted by Crippen LogP contribution is -2.46. The molecule has 1 atom stereocenters. The molecule has 0 aromatic heterocycles. The normalized spacial score (nSPS) is 15.8. The molecule has 3 rings (SSSR count). The van der Waals surface area contributed by atoms with E-state index in [1.54, 1.807) is 14.2 Å². The average Bonchev–Trinajstić information content (AvgIpc) is 2.78. The maximum atomic E-state index is 5.54. The van der Waals surface area contributed by atoms with Crippen LogP contribution in [0.1, 0.15) is 22.7 Å². The number of ether oxygens (including phenoxy) is 2. The molecule has 164 valence electrons. The number of benzene rings is 2. The Labute approximate surface area is 197 Å². The van der Waals surface area contributed by atoms with E-state index in [2.05, 4.69) is 76.0 Å². The van der Waals surface area contributed by atoms with E-state index in [4.69, 9.17) is 9.47 Å². The number of aryl methyl sites for hydroxylation is 1. The predicted octanol–water partition coefficient (Wildman–Crippen LogP) is 3.36. The highest BCUT2D eigenvalue weighted by molar-refractivity contribution is 14.0. The number of halogens is 1. The Hall–Kier alpha value is -1.84. The summed E-state index contributed by atoms with van der Waals surface area (Å²) in [5.41, 5.74) is 3.59. The topological polar surface area (TPSA) is 58.1 Å². The Balaban J connectivity index is 0.00000320. The molecule has 2 N–H and O–H groups in total. The number of rotatable bonds is 7. The first-order chi connectivity index (χ1) is 14.2. The monoisotopic (exact) mass is 524 g/mol. The molecule has 1 unspecified atom stereocenters. The van der Waals surface area contributed by atoms with Crippen molar-refractivity contribution in [1.82, 2.24) is 15.5 Å². The standard InChI is InChI=1S/C23H32N4O2.HI/c1-18-9-10-20(22(15-18)28-3)16-25-23(24-2)26-17-21(19-7-5-4-6-8-19)27-11-13-29-14-12-27;/h4-10,15,21H,11-14,16-17H2,1-3H3,(H2,24,25,26);1H. The third-order valence-electron chi connectivity index (χ3n) is 5.25. The summed E-state index contributed by atoms with van der Waals surface area (Å²) in [5, 5.41) is 6.91. The van der Waals surface area contributed by atoms with Crippen molar-refractivity contribution < 1.29 is 9.47 Å². The Morgan fingerprint density at radius 3 is 2.53 bits per heavy atom. The molecule has 1 saturated heterocycles. The van der Waals surface area contributed by atoms with E-state index in [1.165, 1.54) is 11.1 Å². The maximum Gasteiger partial charge on any atom is 0.191 e. The summed E-state index contributed by atoms with van der Waals surface area (Å²) in [6, 6.07) is 17.1. The molecule has 2 aromatic rings. The minimum atomic E-state index is 0. The number of hydrogen-bond donors (Lipinski definition) is 2. The molecule has 7 heteroatoms. The highest BCUT2D eigenvalue weighted by Crippen LogP contribution is 2.21. The van der Waals surface area contributed by atoms with E-state index >= 15 is 0 Å². The van der Waals surface area contributed by atoms with Crippen LogP contribution in [0.15, 0.2) is 53.5 Å². The number of aliphatic imine (C=N–C) groups is 1. The molecule has 0 radical (unpaired) electrons. The number of nitrogens with one attached hydrogen (secondary N) is 2. The molecule has 1 heterocycles. The number of nitrogens with zero attached hydrogens (tertiary/aromatic N) is 2. The Bertz CT molecular complexity index is 795. The first-order valence-corrected chi connectivity index (χ1v) is 10.2. The van der Waals surface area contributed by atoms with Gasteiger partial charge in [0.2, 0.25) is 0 Å². The van der Waals surface area contributed by atoms with Crippen molar-refractivity contribution in [2.24, 2.45) is 4.99 Å². The molecule has 0 bridgehead atoms. The van der Waals surface area contributed by atoms with Gasteiger partial charge >= 0.3 is 0 Å². The van der Waals surface area contributed by atoms with Crippen molar-refractivity contribution in [3.05, 3.63) is 65.2 Å². The van der Waals surface area contributed by atoms with Crippen LogP contribution in [0, 0.1) is 6.92 Å². The lowest BCUT2D eigenvalue weighted by molar-refractivity contribution is 0.0170. The average molecular weight is 524 g/mol. The molecule has 0 saturated carbocycles. The molecule has 0 amide bonds. The summed E-state index contributed by atoms with van der Waals surface area (Å²) in [5.74, 6) is 1.67. The van der Waals surface area contributed by atoms with Crippen molar-refractivity contribution in [1.29, 1.82) is 0 Å². The molecule has 1 aliphatic rings. The Morgan fingerprint density at radius 1 is 1.13 bits per heavy atom. The SMILES string of the molecule is CN=C(NCc1ccc(C)cc1OC)NCC(c1ccccc1)N1CCOCC1.I. The number of methoxy groups -OCH3 is 1. The van der Waals surface area contributed by atoms with E-state index in [0.29, 0.717) is 6.54 Å². The molecule has 2 aromatic carbocycles. The molecular weight excluding hydrogens is 491 g/mol. The number of guanidine groups is 1. The van der Waals surface area contributed by atoms with Gasteiger partial charge < -0.3 is 20.1 Å². The number of hydrogen-bond acceptors (Lipinski definition) is 4. The van der Waals surface area contributed by atoms with Crippen LogP contribution in [0.3, 0.4) is 0 Å². The van der Waals surface area contributed by atoms with Crippen LogP contribution in [-0.2, 0) is 11.3 Å². The van der Waals surface area contributed by atoms with Crippen molar-refractivity contribution in [3.8, 4) is 5.75 Å². The second-order valence-electron chi connectivity index (χ2n) is 7.20. The zero-order chi connectivity index (χ0) is 20.5. The van der Waals surface area contributed by atoms with Crippen molar-refractivity contribution in [2.75, 3.05) is 47.0 Å². The zero-order valence-electron chi connectivity index (χ0n) is 18.1. The molecular formula is C23H33IN4O2. The third kappa shape index (κ3) is 6.85. The van der Waals surface area contributed by atoms with Crippen molar-refractivity contribution in [3.63, 3.8) is 0 Å². The van der Waals surface area contributed by atoms with E-state index < -0.39 is 0 Å². The van der Waals surface area contributed by atoms with Gasteiger partial charge in [0.05, 0.1) is 26.4 Å². The highest BCUT2D eigenvalue weighted by Gasteiger charge is 2.22. The summed E-state index contributed by atoms with van der Waals surface area (Å²) < 4.78 is 11.0. The third-order valence-corrected chi connectivity index (χ3v) is 5.25. The van der Waals surface area contributed by atoms with Gasteiger partial charge in [-0.25, -0.2) is 0 Å². The summed E-state index contributed by atoms with van der Waals surface area (Å²) in [4.78, 5) is 6.87. The summed E-state index contributed by atoms with van der Waals surface area (Å²) in [6.45, 7) is 6.93. The van der Waals surface area contributed by atoms with Gasteiger partial charge in [0, 0.05) is 38.8 Å². The van der Waals surface area contributed by atoms with Gasteiger partial charge in [-0.05, 0) is 24.1 Å². The largest absolute Gasteiger partial charge is 0.496 e. The van der Waals surface area contributed by atoms with Crippen LogP contribution in [0.25, 0.3) is 0 Å². The van der Waals surface area contributed by atoms with Crippen LogP contribution in [0.2, 0.25) is 0 Å². The summed E-state index contributed by atoms with van der Waals surface area (Å²) >= 11 is 0. The van der Waals surface area contributed by atoms with Crippen LogP contribution in [0.5, 0.6) is 5.75 Å². The zero-order valence-corrected chi connectivity index (χ0v) is 20.4. The van der Waals surface area contributed by atoms with Crippen LogP contribution >= 0.6 is 24.0 Å². The fraction of sp³-hybridized carbons (Fsp3) is 0.435. The second kappa shape index (κ2) is 12.8. The molecule has 30 heavy (non-hydrogen) atoms. The van der Waals surface area contributed by atoms with E-state index in [0.717, 1.165) is 50.1 Å². The molecule has 0 aliphatic carbocycles.